The normalized spacial score (nSPS) is 23.8. The number of carbonyl (C=O) groups is 1. The standard InChI is InChI=1S/C9H11N3O5/c13-9(14)8-6(1-2-17-8)3-11-4-7(10-5-11)12(15)16/h4-6,8H,1-3H2,(H,13,14). The molecule has 1 fully saturated rings. The van der Waals surface area contributed by atoms with Crippen molar-refractivity contribution in [3.05, 3.63) is 22.6 Å². The van der Waals surface area contributed by atoms with Gasteiger partial charge >= 0.3 is 11.8 Å². The Bertz CT molecular complexity index is 444. The van der Waals surface area contributed by atoms with Gasteiger partial charge in [0.05, 0.1) is 0 Å². The maximum absolute atomic E-state index is 10.9. The lowest BCUT2D eigenvalue weighted by Crippen LogP contribution is -2.28. The number of rotatable bonds is 4. The van der Waals surface area contributed by atoms with E-state index >= 15 is 0 Å². The average Bonchev–Trinajstić information content (AvgIpc) is 2.86. The van der Waals surface area contributed by atoms with Gasteiger partial charge in [-0.05, 0) is 16.3 Å². The number of hydrogen-bond acceptors (Lipinski definition) is 5. The van der Waals surface area contributed by atoms with Crippen LogP contribution in [0.15, 0.2) is 12.5 Å². The molecule has 0 saturated carbocycles. The van der Waals surface area contributed by atoms with E-state index in [-0.39, 0.29) is 11.7 Å². The van der Waals surface area contributed by atoms with Crippen molar-refractivity contribution in [3.8, 4) is 0 Å². The third-order valence-corrected chi connectivity index (χ3v) is 2.71. The largest absolute Gasteiger partial charge is 0.479 e. The molecule has 0 bridgehead atoms. The summed E-state index contributed by atoms with van der Waals surface area (Å²) in [6.07, 6.45) is 2.41. The van der Waals surface area contributed by atoms with E-state index in [1.165, 1.54) is 17.1 Å². The smallest absolute Gasteiger partial charge is 0.381 e. The van der Waals surface area contributed by atoms with Crippen molar-refractivity contribution >= 4 is 11.8 Å². The number of hydrogen-bond donors (Lipinski definition) is 1. The number of nitrogens with zero attached hydrogens (tertiary/aromatic N) is 3. The minimum absolute atomic E-state index is 0.179. The first-order valence-corrected chi connectivity index (χ1v) is 5.08. The highest BCUT2D eigenvalue weighted by atomic mass is 16.6. The van der Waals surface area contributed by atoms with E-state index in [0.717, 1.165) is 0 Å². The van der Waals surface area contributed by atoms with Crippen molar-refractivity contribution in [3.63, 3.8) is 0 Å². The first kappa shape index (κ1) is 11.5. The number of aliphatic carboxylic acids is 1. The fourth-order valence-electron chi connectivity index (χ4n) is 1.91. The molecule has 8 heteroatoms. The molecule has 1 aromatic heterocycles. The van der Waals surface area contributed by atoms with Crippen LogP contribution in [0.25, 0.3) is 0 Å². The summed E-state index contributed by atoms with van der Waals surface area (Å²) in [5.74, 6) is -1.42. The van der Waals surface area contributed by atoms with Crippen LogP contribution in [0, 0.1) is 16.0 Å². The van der Waals surface area contributed by atoms with Gasteiger partial charge in [-0.25, -0.2) is 4.79 Å². The Hall–Kier alpha value is -1.96. The molecule has 0 aliphatic carbocycles. The predicted molar refractivity (Wildman–Crippen MR) is 54.4 cm³/mol. The van der Waals surface area contributed by atoms with Crippen LogP contribution < -0.4 is 0 Å². The fraction of sp³-hybridized carbons (Fsp3) is 0.556. The summed E-state index contributed by atoms with van der Waals surface area (Å²) in [6.45, 7) is 0.760. The number of aromatic nitrogens is 2. The van der Waals surface area contributed by atoms with Crippen LogP contribution in [0.2, 0.25) is 0 Å². The summed E-state index contributed by atoms with van der Waals surface area (Å²) >= 11 is 0. The third-order valence-electron chi connectivity index (χ3n) is 2.71. The van der Waals surface area contributed by atoms with Crippen LogP contribution in [-0.4, -0.2) is 38.3 Å². The second-order valence-electron chi connectivity index (χ2n) is 3.86. The molecule has 2 atom stereocenters. The molecule has 1 aliphatic rings. The molecule has 0 radical (unpaired) electrons. The lowest BCUT2D eigenvalue weighted by atomic mass is 10.0. The van der Waals surface area contributed by atoms with Gasteiger partial charge in [-0.15, -0.1) is 0 Å². The van der Waals surface area contributed by atoms with Gasteiger partial charge in [-0.1, -0.05) is 0 Å². The van der Waals surface area contributed by atoms with Gasteiger partial charge in [0.25, 0.3) is 0 Å². The second-order valence-corrected chi connectivity index (χ2v) is 3.86. The monoisotopic (exact) mass is 241 g/mol. The highest BCUT2D eigenvalue weighted by Crippen LogP contribution is 2.23. The number of ether oxygens (including phenoxy) is 1. The Balaban J connectivity index is 2.04. The second kappa shape index (κ2) is 4.50. The Morgan fingerprint density at radius 1 is 1.76 bits per heavy atom. The van der Waals surface area contributed by atoms with E-state index in [9.17, 15) is 14.9 Å². The molecule has 1 N–H and O–H groups in total. The molecule has 2 rings (SSSR count). The summed E-state index contributed by atoms with van der Waals surface area (Å²) in [7, 11) is 0. The molecule has 2 unspecified atom stereocenters. The number of nitro groups is 1. The van der Waals surface area contributed by atoms with E-state index in [0.29, 0.717) is 19.6 Å². The van der Waals surface area contributed by atoms with Crippen molar-refractivity contribution in [2.45, 2.75) is 19.1 Å². The number of carboxylic acids is 1. The first-order valence-electron chi connectivity index (χ1n) is 5.08. The molecular weight excluding hydrogens is 230 g/mol. The third kappa shape index (κ3) is 2.41. The zero-order chi connectivity index (χ0) is 12.4. The van der Waals surface area contributed by atoms with Crippen LogP contribution in [0.1, 0.15) is 6.42 Å². The molecule has 0 aromatic carbocycles. The molecule has 0 spiro atoms. The minimum atomic E-state index is -0.998. The van der Waals surface area contributed by atoms with Crippen LogP contribution in [0.5, 0.6) is 0 Å². The molecule has 2 heterocycles. The topological polar surface area (TPSA) is 107 Å². The van der Waals surface area contributed by atoms with Crippen LogP contribution in [-0.2, 0) is 16.1 Å². The lowest BCUT2D eigenvalue weighted by Gasteiger charge is -2.13. The number of imidazole rings is 1. The van der Waals surface area contributed by atoms with Gasteiger partial charge in [0, 0.05) is 19.1 Å². The summed E-state index contributed by atoms with van der Waals surface area (Å²) in [4.78, 5) is 24.3. The summed E-state index contributed by atoms with van der Waals surface area (Å²) < 4.78 is 6.61. The van der Waals surface area contributed by atoms with Crippen molar-refractivity contribution in [2.75, 3.05) is 6.61 Å². The molecule has 1 aliphatic heterocycles. The van der Waals surface area contributed by atoms with Gasteiger partial charge in [-0.3, -0.25) is 0 Å². The molecular formula is C9H11N3O5. The molecule has 0 amide bonds. The van der Waals surface area contributed by atoms with E-state index < -0.39 is 17.0 Å². The van der Waals surface area contributed by atoms with Gasteiger partial charge in [0.15, 0.2) is 6.10 Å². The Kier molecular flexibility index (Phi) is 3.05. The molecule has 92 valence electrons. The van der Waals surface area contributed by atoms with Crippen LogP contribution in [0.4, 0.5) is 5.82 Å². The SMILES string of the molecule is O=C(O)C1OCCC1Cn1cnc([N+](=O)[O-])c1. The van der Waals surface area contributed by atoms with E-state index in [1.54, 1.807) is 0 Å². The van der Waals surface area contributed by atoms with E-state index in [4.69, 9.17) is 9.84 Å². The fourth-order valence-corrected chi connectivity index (χ4v) is 1.91. The predicted octanol–water partition coefficient (Wildman–Crippen LogP) is 0.281. The quantitative estimate of drug-likeness (QED) is 0.599. The maximum atomic E-state index is 10.9. The van der Waals surface area contributed by atoms with Crippen molar-refractivity contribution in [2.24, 2.45) is 5.92 Å². The van der Waals surface area contributed by atoms with Gasteiger partial charge in [-0.2, -0.15) is 0 Å². The lowest BCUT2D eigenvalue weighted by molar-refractivity contribution is -0.389. The molecule has 1 saturated heterocycles. The molecule has 17 heavy (non-hydrogen) atoms. The Morgan fingerprint density at radius 3 is 3.12 bits per heavy atom. The Labute approximate surface area is 96.0 Å². The summed E-state index contributed by atoms with van der Waals surface area (Å²) in [5, 5.41) is 19.3. The molecule has 8 nitrogen and oxygen atoms in total. The van der Waals surface area contributed by atoms with E-state index in [2.05, 4.69) is 4.98 Å². The van der Waals surface area contributed by atoms with Crippen molar-refractivity contribution in [1.29, 1.82) is 0 Å². The van der Waals surface area contributed by atoms with Gasteiger partial charge < -0.3 is 24.5 Å². The van der Waals surface area contributed by atoms with Crippen molar-refractivity contribution in [1.82, 2.24) is 9.55 Å². The first-order chi connectivity index (χ1) is 8.08. The molecule has 1 aromatic rings. The highest BCUT2D eigenvalue weighted by Gasteiger charge is 2.34. The summed E-state index contributed by atoms with van der Waals surface area (Å²) in [6, 6.07) is 0. The van der Waals surface area contributed by atoms with Crippen molar-refractivity contribution < 1.29 is 19.6 Å². The van der Waals surface area contributed by atoms with Gasteiger partial charge in [0.2, 0.25) is 6.33 Å². The number of carboxylic acid groups (broad SMARTS) is 1. The zero-order valence-electron chi connectivity index (χ0n) is 8.85. The van der Waals surface area contributed by atoms with Gasteiger partial charge in [0.1, 0.15) is 6.20 Å². The maximum Gasteiger partial charge on any atom is 0.381 e. The zero-order valence-corrected chi connectivity index (χ0v) is 8.85. The highest BCUT2D eigenvalue weighted by molar-refractivity contribution is 5.73. The van der Waals surface area contributed by atoms with Crippen LogP contribution in [0.3, 0.4) is 0 Å². The summed E-state index contributed by atoms with van der Waals surface area (Å²) in [5.41, 5.74) is 0. The van der Waals surface area contributed by atoms with E-state index in [1.807, 2.05) is 0 Å². The minimum Gasteiger partial charge on any atom is -0.479 e. The van der Waals surface area contributed by atoms with Crippen LogP contribution >= 0.6 is 0 Å². The average molecular weight is 241 g/mol. The Morgan fingerprint density at radius 2 is 2.53 bits per heavy atom.